The molecular formula is C21H20N2O5. The number of hydrogen-bond acceptors (Lipinski definition) is 6. The van der Waals surface area contributed by atoms with E-state index in [1.165, 1.54) is 13.2 Å². The number of amides is 1. The van der Waals surface area contributed by atoms with Gasteiger partial charge < -0.3 is 19.5 Å². The van der Waals surface area contributed by atoms with Crippen LogP contribution in [0, 0.1) is 6.92 Å². The maximum Gasteiger partial charge on any atom is 0.356 e. The number of aromatic nitrogens is 1. The Morgan fingerprint density at radius 2 is 1.86 bits per heavy atom. The zero-order valence-corrected chi connectivity index (χ0v) is 15.8. The van der Waals surface area contributed by atoms with Crippen LogP contribution < -0.4 is 14.8 Å². The highest BCUT2D eigenvalue weighted by atomic mass is 16.5. The maximum atomic E-state index is 12.3. The summed E-state index contributed by atoms with van der Waals surface area (Å²) in [5, 5.41) is 3.42. The largest absolute Gasteiger partial charge is 0.497 e. The molecule has 0 aliphatic carbocycles. The Bertz CT molecular complexity index is 1030. The van der Waals surface area contributed by atoms with Gasteiger partial charge in [0.1, 0.15) is 11.5 Å². The number of carbonyl (C=O) groups is 2. The first-order valence-corrected chi connectivity index (χ1v) is 8.57. The molecule has 3 rings (SSSR count). The standard InChI is InChI=1S/C21H20N2O5/c1-13-6-4-5-7-16(13)23-20(24)12-28-19-11-18(21(25)27-3)22-17-9-8-14(26-2)10-15(17)19/h4-11H,12H2,1-3H3,(H,23,24). The van der Waals surface area contributed by atoms with Gasteiger partial charge in [-0.25, -0.2) is 9.78 Å². The summed E-state index contributed by atoms with van der Waals surface area (Å²) < 4.78 is 15.7. The molecule has 3 aromatic rings. The van der Waals surface area contributed by atoms with Gasteiger partial charge in [-0.1, -0.05) is 18.2 Å². The average Bonchev–Trinajstić information content (AvgIpc) is 2.72. The van der Waals surface area contributed by atoms with E-state index >= 15 is 0 Å². The van der Waals surface area contributed by atoms with Crippen molar-refractivity contribution in [3.05, 3.63) is 59.8 Å². The Hall–Kier alpha value is -3.61. The van der Waals surface area contributed by atoms with E-state index in [2.05, 4.69) is 10.3 Å². The molecule has 1 aromatic heterocycles. The number of anilines is 1. The summed E-state index contributed by atoms with van der Waals surface area (Å²) in [6, 6.07) is 14.1. The third kappa shape index (κ3) is 4.20. The Morgan fingerprint density at radius 1 is 1.07 bits per heavy atom. The molecule has 0 saturated heterocycles. The van der Waals surface area contributed by atoms with E-state index in [4.69, 9.17) is 14.2 Å². The third-order valence-electron chi connectivity index (χ3n) is 4.15. The monoisotopic (exact) mass is 380 g/mol. The van der Waals surface area contributed by atoms with Crippen LogP contribution in [0.15, 0.2) is 48.5 Å². The Morgan fingerprint density at radius 3 is 2.57 bits per heavy atom. The molecule has 1 N–H and O–H groups in total. The fraction of sp³-hybridized carbons (Fsp3) is 0.190. The molecule has 0 aliphatic rings. The van der Waals surface area contributed by atoms with Crippen molar-refractivity contribution in [1.82, 2.24) is 4.98 Å². The van der Waals surface area contributed by atoms with Crippen LogP contribution in [0.25, 0.3) is 10.9 Å². The molecule has 1 heterocycles. The molecule has 0 bridgehead atoms. The normalized spacial score (nSPS) is 10.4. The topological polar surface area (TPSA) is 86.8 Å². The summed E-state index contributed by atoms with van der Waals surface area (Å²) in [5.74, 6) is 0.0345. The molecule has 7 nitrogen and oxygen atoms in total. The fourth-order valence-corrected chi connectivity index (χ4v) is 2.67. The molecule has 0 fully saturated rings. The second-order valence-corrected chi connectivity index (χ2v) is 6.03. The first kappa shape index (κ1) is 19.2. The smallest absolute Gasteiger partial charge is 0.356 e. The number of para-hydroxylation sites is 1. The Labute approximate surface area is 162 Å². The van der Waals surface area contributed by atoms with E-state index in [9.17, 15) is 9.59 Å². The van der Waals surface area contributed by atoms with Gasteiger partial charge >= 0.3 is 5.97 Å². The number of nitrogens with one attached hydrogen (secondary N) is 1. The molecule has 0 aliphatic heterocycles. The number of methoxy groups -OCH3 is 2. The molecule has 2 aromatic carbocycles. The highest BCUT2D eigenvalue weighted by Gasteiger charge is 2.15. The van der Waals surface area contributed by atoms with Crippen LogP contribution in [0.1, 0.15) is 16.1 Å². The summed E-state index contributed by atoms with van der Waals surface area (Å²) in [5.41, 5.74) is 2.28. The van der Waals surface area contributed by atoms with Gasteiger partial charge in [0.05, 0.1) is 19.7 Å². The first-order chi connectivity index (χ1) is 13.5. The van der Waals surface area contributed by atoms with E-state index in [0.29, 0.717) is 28.1 Å². The van der Waals surface area contributed by atoms with Crippen LogP contribution >= 0.6 is 0 Å². The van der Waals surface area contributed by atoms with Crippen LogP contribution in [0.4, 0.5) is 5.69 Å². The number of nitrogens with zero attached hydrogens (tertiary/aromatic N) is 1. The fourth-order valence-electron chi connectivity index (χ4n) is 2.67. The molecule has 0 unspecified atom stereocenters. The molecule has 144 valence electrons. The molecular weight excluding hydrogens is 360 g/mol. The number of fused-ring (bicyclic) bond motifs is 1. The van der Waals surface area contributed by atoms with E-state index in [0.717, 1.165) is 5.56 Å². The average molecular weight is 380 g/mol. The van der Waals surface area contributed by atoms with Gasteiger partial charge in [-0.3, -0.25) is 4.79 Å². The minimum atomic E-state index is -0.591. The van der Waals surface area contributed by atoms with Crippen molar-refractivity contribution in [2.24, 2.45) is 0 Å². The molecule has 0 atom stereocenters. The van der Waals surface area contributed by atoms with Crippen molar-refractivity contribution in [2.45, 2.75) is 6.92 Å². The number of ether oxygens (including phenoxy) is 3. The van der Waals surface area contributed by atoms with Crippen LogP contribution in [0.3, 0.4) is 0 Å². The van der Waals surface area contributed by atoms with Gasteiger partial charge in [0.2, 0.25) is 0 Å². The van der Waals surface area contributed by atoms with Crippen molar-refractivity contribution in [3.63, 3.8) is 0 Å². The number of rotatable bonds is 6. The van der Waals surface area contributed by atoms with Crippen LogP contribution in [0.5, 0.6) is 11.5 Å². The summed E-state index contributed by atoms with van der Waals surface area (Å²) >= 11 is 0. The van der Waals surface area contributed by atoms with Crippen molar-refractivity contribution in [2.75, 3.05) is 26.1 Å². The van der Waals surface area contributed by atoms with Gasteiger partial charge in [0.25, 0.3) is 5.91 Å². The van der Waals surface area contributed by atoms with E-state index < -0.39 is 5.97 Å². The van der Waals surface area contributed by atoms with Crippen molar-refractivity contribution in [1.29, 1.82) is 0 Å². The van der Waals surface area contributed by atoms with Crippen molar-refractivity contribution >= 4 is 28.5 Å². The Kier molecular flexibility index (Phi) is 5.74. The van der Waals surface area contributed by atoms with Crippen LogP contribution in [0.2, 0.25) is 0 Å². The molecule has 28 heavy (non-hydrogen) atoms. The minimum Gasteiger partial charge on any atom is -0.497 e. The molecule has 0 saturated carbocycles. The second-order valence-electron chi connectivity index (χ2n) is 6.03. The predicted octanol–water partition coefficient (Wildman–Crippen LogP) is 3.36. The third-order valence-corrected chi connectivity index (χ3v) is 4.15. The quantitative estimate of drug-likeness (QED) is 0.660. The second kappa shape index (κ2) is 8.39. The zero-order chi connectivity index (χ0) is 20.1. The summed E-state index contributed by atoms with van der Waals surface area (Å²) in [6.45, 7) is 1.67. The number of esters is 1. The highest BCUT2D eigenvalue weighted by molar-refractivity contribution is 5.95. The van der Waals surface area contributed by atoms with Gasteiger partial charge in [-0.05, 0) is 36.8 Å². The lowest BCUT2D eigenvalue weighted by Gasteiger charge is -2.12. The number of pyridine rings is 1. The summed E-state index contributed by atoms with van der Waals surface area (Å²) in [6.07, 6.45) is 0. The first-order valence-electron chi connectivity index (χ1n) is 8.57. The number of carbonyl (C=O) groups excluding carboxylic acids is 2. The molecule has 0 spiro atoms. The maximum absolute atomic E-state index is 12.3. The lowest BCUT2D eigenvalue weighted by atomic mass is 10.1. The molecule has 0 radical (unpaired) electrons. The number of benzene rings is 2. The zero-order valence-electron chi connectivity index (χ0n) is 15.8. The van der Waals surface area contributed by atoms with Gasteiger partial charge in [-0.15, -0.1) is 0 Å². The lowest BCUT2D eigenvalue weighted by molar-refractivity contribution is -0.118. The lowest BCUT2D eigenvalue weighted by Crippen LogP contribution is -2.21. The molecule has 1 amide bonds. The van der Waals surface area contributed by atoms with Gasteiger partial charge in [-0.2, -0.15) is 0 Å². The van der Waals surface area contributed by atoms with Crippen molar-refractivity contribution < 1.29 is 23.8 Å². The van der Waals surface area contributed by atoms with Gasteiger partial charge in [0, 0.05) is 17.1 Å². The number of hydrogen-bond donors (Lipinski definition) is 1. The van der Waals surface area contributed by atoms with E-state index in [-0.39, 0.29) is 18.2 Å². The van der Waals surface area contributed by atoms with Gasteiger partial charge in [0.15, 0.2) is 12.3 Å². The van der Waals surface area contributed by atoms with E-state index in [1.807, 2.05) is 31.2 Å². The van der Waals surface area contributed by atoms with E-state index in [1.54, 1.807) is 25.3 Å². The minimum absolute atomic E-state index is 0.0921. The van der Waals surface area contributed by atoms with Crippen molar-refractivity contribution in [3.8, 4) is 11.5 Å². The summed E-state index contributed by atoms with van der Waals surface area (Å²) in [7, 11) is 2.83. The SMILES string of the molecule is COC(=O)c1cc(OCC(=O)Nc2ccccc2C)c2cc(OC)ccc2n1. The van der Waals surface area contributed by atoms with Crippen LogP contribution in [-0.2, 0) is 9.53 Å². The highest BCUT2D eigenvalue weighted by Crippen LogP contribution is 2.29. The number of aryl methyl sites for hydroxylation is 1. The molecule has 7 heteroatoms. The predicted molar refractivity (Wildman–Crippen MR) is 105 cm³/mol. The Balaban J connectivity index is 1.86. The van der Waals surface area contributed by atoms with Crippen LogP contribution in [-0.4, -0.2) is 37.7 Å². The summed E-state index contributed by atoms with van der Waals surface area (Å²) in [4.78, 5) is 28.5.